The number of hydrogen-bond acceptors (Lipinski definition) is 4. The molecule has 0 radical (unpaired) electrons. The molecular weight excluding hydrogens is 214 g/mol. The minimum atomic E-state index is 0.163. The van der Waals surface area contributed by atoms with Crippen LogP contribution in [0.25, 0.3) is 0 Å². The number of nitrogens with two attached hydrogens (primary N) is 1. The van der Waals surface area contributed by atoms with Crippen molar-refractivity contribution in [2.24, 2.45) is 11.1 Å². The third-order valence-corrected chi connectivity index (χ3v) is 3.94. The predicted octanol–water partition coefficient (Wildman–Crippen LogP) is 2.82. The largest absolute Gasteiger partial charge is 0.339 e. The van der Waals surface area contributed by atoms with Crippen LogP contribution in [0.4, 0.5) is 0 Å². The quantitative estimate of drug-likeness (QED) is 0.878. The van der Waals surface area contributed by atoms with Crippen LogP contribution >= 0.6 is 0 Å². The third kappa shape index (κ3) is 2.86. The molecule has 1 heterocycles. The van der Waals surface area contributed by atoms with Gasteiger partial charge in [0.15, 0.2) is 5.82 Å². The van der Waals surface area contributed by atoms with Gasteiger partial charge in [-0.3, -0.25) is 0 Å². The molecule has 1 aromatic rings. The molecule has 1 aliphatic rings. The van der Waals surface area contributed by atoms with E-state index in [-0.39, 0.29) is 5.92 Å². The van der Waals surface area contributed by atoms with Gasteiger partial charge >= 0.3 is 0 Å². The van der Waals surface area contributed by atoms with Gasteiger partial charge in [-0.05, 0) is 31.1 Å². The van der Waals surface area contributed by atoms with Gasteiger partial charge < -0.3 is 10.3 Å². The van der Waals surface area contributed by atoms with Gasteiger partial charge in [0, 0.05) is 18.4 Å². The molecule has 1 fully saturated rings. The smallest absolute Gasteiger partial charge is 0.230 e. The van der Waals surface area contributed by atoms with Crippen molar-refractivity contribution in [2.75, 3.05) is 6.54 Å². The Morgan fingerprint density at radius 1 is 1.41 bits per heavy atom. The molecule has 1 atom stereocenters. The van der Waals surface area contributed by atoms with Gasteiger partial charge in [-0.1, -0.05) is 25.9 Å². The molecule has 17 heavy (non-hydrogen) atoms. The maximum absolute atomic E-state index is 5.60. The average Bonchev–Trinajstić information content (AvgIpc) is 2.77. The summed E-state index contributed by atoms with van der Waals surface area (Å²) in [4.78, 5) is 4.49. The second-order valence-corrected chi connectivity index (χ2v) is 6.07. The first-order valence-corrected chi connectivity index (χ1v) is 6.55. The molecule has 4 nitrogen and oxygen atoms in total. The SMILES string of the molecule is CC(CN)c1nc(C2CCC(C)(C)CC2)no1. The van der Waals surface area contributed by atoms with Crippen LogP contribution < -0.4 is 5.73 Å². The molecule has 2 N–H and O–H groups in total. The Morgan fingerprint density at radius 2 is 2.06 bits per heavy atom. The standard InChI is InChI=1S/C13H23N3O/c1-9(8-14)12-15-11(16-17-12)10-4-6-13(2,3)7-5-10/h9-10H,4-8,14H2,1-3H3. The Bertz CT molecular complexity index is 362. The lowest BCUT2D eigenvalue weighted by atomic mass is 9.73. The van der Waals surface area contributed by atoms with Crippen molar-refractivity contribution in [2.45, 2.75) is 58.3 Å². The highest BCUT2D eigenvalue weighted by Crippen LogP contribution is 2.41. The average molecular weight is 237 g/mol. The number of rotatable bonds is 3. The fraction of sp³-hybridized carbons (Fsp3) is 0.846. The molecule has 0 aromatic carbocycles. The third-order valence-electron chi connectivity index (χ3n) is 3.94. The maximum Gasteiger partial charge on any atom is 0.230 e. The molecule has 1 aromatic heterocycles. The van der Waals surface area contributed by atoms with E-state index in [2.05, 4.69) is 24.0 Å². The van der Waals surface area contributed by atoms with Crippen LogP contribution in [0.2, 0.25) is 0 Å². The first-order chi connectivity index (χ1) is 8.02. The lowest BCUT2D eigenvalue weighted by molar-refractivity contribution is 0.218. The summed E-state index contributed by atoms with van der Waals surface area (Å²) in [6, 6.07) is 0. The summed E-state index contributed by atoms with van der Waals surface area (Å²) in [6.45, 7) is 7.24. The van der Waals surface area contributed by atoms with E-state index in [9.17, 15) is 0 Å². The summed E-state index contributed by atoms with van der Waals surface area (Å²) in [5, 5.41) is 4.11. The molecule has 1 aliphatic carbocycles. The molecular formula is C13H23N3O. The van der Waals surface area contributed by atoms with Gasteiger partial charge in [-0.25, -0.2) is 0 Å². The lowest BCUT2D eigenvalue weighted by Crippen LogP contribution is -2.20. The van der Waals surface area contributed by atoms with Gasteiger partial charge in [0.25, 0.3) is 0 Å². The summed E-state index contributed by atoms with van der Waals surface area (Å²) in [7, 11) is 0. The highest BCUT2D eigenvalue weighted by Gasteiger charge is 2.30. The predicted molar refractivity (Wildman–Crippen MR) is 66.8 cm³/mol. The number of aromatic nitrogens is 2. The van der Waals surface area contributed by atoms with E-state index in [0.717, 1.165) is 5.82 Å². The number of hydrogen-bond donors (Lipinski definition) is 1. The van der Waals surface area contributed by atoms with E-state index >= 15 is 0 Å². The molecule has 0 aliphatic heterocycles. The zero-order valence-electron chi connectivity index (χ0n) is 11.1. The van der Waals surface area contributed by atoms with Crippen molar-refractivity contribution >= 4 is 0 Å². The van der Waals surface area contributed by atoms with Gasteiger partial charge in [0.1, 0.15) is 0 Å². The second kappa shape index (κ2) is 4.77. The minimum Gasteiger partial charge on any atom is -0.339 e. The van der Waals surface area contributed by atoms with E-state index in [1.165, 1.54) is 25.7 Å². The molecule has 2 rings (SSSR count). The molecule has 1 saturated carbocycles. The van der Waals surface area contributed by atoms with Crippen molar-refractivity contribution in [1.29, 1.82) is 0 Å². The summed E-state index contributed by atoms with van der Waals surface area (Å²) in [5.41, 5.74) is 6.08. The summed E-state index contributed by atoms with van der Waals surface area (Å²) in [6.07, 6.45) is 4.83. The Labute approximate surface area is 103 Å². The van der Waals surface area contributed by atoms with Crippen molar-refractivity contribution in [3.8, 4) is 0 Å². The molecule has 0 amide bonds. The van der Waals surface area contributed by atoms with Crippen LogP contribution in [0.15, 0.2) is 4.52 Å². The zero-order chi connectivity index (χ0) is 12.5. The highest BCUT2D eigenvalue weighted by molar-refractivity contribution is 5.01. The fourth-order valence-corrected chi connectivity index (χ4v) is 2.37. The number of nitrogens with zero attached hydrogens (tertiary/aromatic N) is 2. The van der Waals surface area contributed by atoms with Gasteiger partial charge in [0.2, 0.25) is 5.89 Å². The van der Waals surface area contributed by atoms with Gasteiger partial charge in [-0.15, -0.1) is 0 Å². The van der Waals surface area contributed by atoms with Crippen molar-refractivity contribution in [3.05, 3.63) is 11.7 Å². The normalized spacial score (nSPS) is 22.6. The molecule has 0 bridgehead atoms. The minimum absolute atomic E-state index is 0.163. The molecule has 1 unspecified atom stereocenters. The second-order valence-electron chi connectivity index (χ2n) is 6.07. The Morgan fingerprint density at radius 3 is 2.65 bits per heavy atom. The van der Waals surface area contributed by atoms with Crippen LogP contribution in [0.1, 0.15) is 70.0 Å². The maximum atomic E-state index is 5.60. The molecule has 0 saturated heterocycles. The summed E-state index contributed by atoms with van der Waals surface area (Å²) >= 11 is 0. The topological polar surface area (TPSA) is 64.9 Å². The van der Waals surface area contributed by atoms with Gasteiger partial charge in [-0.2, -0.15) is 4.98 Å². The van der Waals surface area contributed by atoms with Crippen LogP contribution in [0, 0.1) is 5.41 Å². The Kier molecular flexibility index (Phi) is 3.52. The van der Waals surface area contributed by atoms with Crippen LogP contribution in [-0.2, 0) is 0 Å². The molecule has 4 heteroatoms. The Hall–Kier alpha value is -0.900. The van der Waals surface area contributed by atoms with Crippen molar-refractivity contribution in [1.82, 2.24) is 10.1 Å². The Balaban J connectivity index is 2.01. The van der Waals surface area contributed by atoms with Crippen molar-refractivity contribution in [3.63, 3.8) is 0 Å². The van der Waals surface area contributed by atoms with Crippen LogP contribution in [-0.4, -0.2) is 16.7 Å². The fourth-order valence-electron chi connectivity index (χ4n) is 2.37. The van der Waals surface area contributed by atoms with E-state index in [1.807, 2.05) is 6.92 Å². The first kappa shape index (κ1) is 12.6. The molecule has 0 spiro atoms. The zero-order valence-corrected chi connectivity index (χ0v) is 11.1. The summed E-state index contributed by atoms with van der Waals surface area (Å²) in [5.74, 6) is 2.21. The highest BCUT2D eigenvalue weighted by atomic mass is 16.5. The van der Waals surface area contributed by atoms with E-state index < -0.39 is 0 Å². The van der Waals surface area contributed by atoms with Crippen LogP contribution in [0.5, 0.6) is 0 Å². The van der Waals surface area contributed by atoms with Crippen molar-refractivity contribution < 1.29 is 4.52 Å². The van der Waals surface area contributed by atoms with E-state index in [4.69, 9.17) is 10.3 Å². The van der Waals surface area contributed by atoms with E-state index in [1.54, 1.807) is 0 Å². The first-order valence-electron chi connectivity index (χ1n) is 6.55. The molecule has 96 valence electrons. The summed E-state index contributed by atoms with van der Waals surface area (Å²) < 4.78 is 5.28. The monoisotopic (exact) mass is 237 g/mol. The van der Waals surface area contributed by atoms with Crippen LogP contribution in [0.3, 0.4) is 0 Å². The lowest BCUT2D eigenvalue weighted by Gasteiger charge is -2.32. The van der Waals surface area contributed by atoms with Gasteiger partial charge in [0.05, 0.1) is 0 Å². The van der Waals surface area contributed by atoms with E-state index in [0.29, 0.717) is 23.8 Å².